The lowest BCUT2D eigenvalue weighted by atomic mass is 9.79. The second-order valence-corrected chi connectivity index (χ2v) is 12.0. The minimum absolute atomic E-state index is 0.0264. The molecule has 3 rings (SSSR count). The molecule has 0 aliphatic carbocycles. The predicted octanol–water partition coefficient (Wildman–Crippen LogP) is 5.87. The summed E-state index contributed by atoms with van der Waals surface area (Å²) in [6.07, 6.45) is 7.25. The van der Waals surface area contributed by atoms with Crippen LogP contribution in [0.2, 0.25) is 0 Å². The van der Waals surface area contributed by atoms with Crippen molar-refractivity contribution in [2.75, 3.05) is 30.1 Å². The van der Waals surface area contributed by atoms with Gasteiger partial charge in [0.15, 0.2) is 16.4 Å². The Balaban J connectivity index is 2.24. The summed E-state index contributed by atoms with van der Waals surface area (Å²) in [6, 6.07) is 10.1. The van der Waals surface area contributed by atoms with Crippen LogP contribution in [0, 0.1) is 5.41 Å². The van der Waals surface area contributed by atoms with Crippen LogP contribution in [0.5, 0.6) is 11.5 Å². The maximum Gasteiger partial charge on any atom is 0.341 e. The van der Waals surface area contributed by atoms with E-state index in [9.17, 15) is 18.3 Å². The fourth-order valence-corrected chi connectivity index (χ4v) is 7.41. The van der Waals surface area contributed by atoms with Gasteiger partial charge in [-0.2, -0.15) is 0 Å². The van der Waals surface area contributed by atoms with Crippen molar-refractivity contribution in [2.45, 2.75) is 62.2 Å². The van der Waals surface area contributed by atoms with Crippen molar-refractivity contribution < 1.29 is 28.2 Å². The number of carbonyl (C=O) groups is 1. The molecule has 0 radical (unpaired) electrons. The standard InChI is InChI=1S/C26H35NO6S2/c1-4-6-12-26(13-7-5-2)17-27(19-8-10-20(28)11-9-19)21-14-23(34-3)22(33-16-25(29)30)15-24(21)35(31,32)18-26/h8-11,14-15,28H,4-7,12-13,16-18H2,1-3H3,(H,29,30). The first kappa shape index (κ1) is 27.2. The van der Waals surface area contributed by atoms with E-state index < -0.39 is 27.8 Å². The molecule has 2 N–H and O–H groups in total. The Morgan fingerprint density at radius 3 is 2.29 bits per heavy atom. The Hall–Kier alpha value is -2.39. The molecule has 0 bridgehead atoms. The normalized spacial score (nSPS) is 16.4. The van der Waals surface area contributed by atoms with Crippen molar-refractivity contribution >= 4 is 38.9 Å². The molecule has 0 fully saturated rings. The zero-order valence-corrected chi connectivity index (χ0v) is 22.3. The van der Waals surface area contributed by atoms with E-state index in [0.717, 1.165) is 44.2 Å². The second kappa shape index (κ2) is 11.6. The van der Waals surface area contributed by atoms with Gasteiger partial charge < -0.3 is 19.8 Å². The van der Waals surface area contributed by atoms with Gasteiger partial charge in [-0.15, -0.1) is 11.8 Å². The van der Waals surface area contributed by atoms with Crippen molar-refractivity contribution in [3.05, 3.63) is 36.4 Å². The van der Waals surface area contributed by atoms with Gasteiger partial charge in [-0.25, -0.2) is 13.2 Å². The van der Waals surface area contributed by atoms with Crippen LogP contribution in [-0.2, 0) is 14.6 Å². The predicted molar refractivity (Wildman–Crippen MR) is 140 cm³/mol. The van der Waals surface area contributed by atoms with Crippen LogP contribution in [0.3, 0.4) is 0 Å². The molecule has 0 amide bonds. The maximum atomic E-state index is 13.9. The van der Waals surface area contributed by atoms with Crippen LogP contribution in [0.1, 0.15) is 52.4 Å². The molecule has 0 spiro atoms. The molecule has 0 atom stereocenters. The summed E-state index contributed by atoms with van der Waals surface area (Å²) in [4.78, 5) is 14.0. The third kappa shape index (κ3) is 6.44. The summed E-state index contributed by atoms with van der Waals surface area (Å²) in [5.74, 6) is -0.707. The Labute approximate surface area is 212 Å². The van der Waals surface area contributed by atoms with Gasteiger partial charge in [0.05, 0.1) is 21.2 Å². The molecule has 1 heterocycles. The van der Waals surface area contributed by atoms with Crippen LogP contribution in [0.25, 0.3) is 0 Å². The molecular formula is C26H35NO6S2. The molecule has 0 unspecified atom stereocenters. The molecule has 0 aromatic heterocycles. The topological polar surface area (TPSA) is 104 Å². The number of fused-ring (bicyclic) bond motifs is 1. The summed E-state index contributed by atoms with van der Waals surface area (Å²) in [5, 5.41) is 19.0. The number of phenolic OH excluding ortho intramolecular Hbond substituents is 1. The maximum absolute atomic E-state index is 13.9. The van der Waals surface area contributed by atoms with E-state index in [1.807, 2.05) is 11.2 Å². The number of nitrogens with zero attached hydrogens (tertiary/aromatic N) is 1. The van der Waals surface area contributed by atoms with Gasteiger partial charge in [-0.05, 0) is 49.4 Å². The highest BCUT2D eigenvalue weighted by molar-refractivity contribution is 7.98. The molecule has 9 heteroatoms. The Morgan fingerprint density at radius 1 is 1.11 bits per heavy atom. The van der Waals surface area contributed by atoms with E-state index >= 15 is 0 Å². The van der Waals surface area contributed by atoms with Crippen molar-refractivity contribution in [2.24, 2.45) is 5.41 Å². The zero-order chi connectivity index (χ0) is 25.6. The van der Waals surface area contributed by atoms with Crippen LogP contribution in [0.4, 0.5) is 11.4 Å². The van der Waals surface area contributed by atoms with E-state index in [1.165, 1.54) is 17.8 Å². The number of anilines is 2. The Kier molecular flexibility index (Phi) is 8.99. The van der Waals surface area contributed by atoms with Crippen LogP contribution in [-0.4, -0.2) is 49.8 Å². The number of carboxylic acids is 1. The third-order valence-electron chi connectivity index (χ3n) is 6.49. The summed E-state index contributed by atoms with van der Waals surface area (Å²) in [7, 11) is -3.71. The van der Waals surface area contributed by atoms with Crippen molar-refractivity contribution in [1.82, 2.24) is 0 Å². The highest BCUT2D eigenvalue weighted by Crippen LogP contribution is 2.47. The number of thioether (sulfide) groups is 1. The first-order chi connectivity index (χ1) is 16.6. The minimum atomic E-state index is -3.71. The zero-order valence-electron chi connectivity index (χ0n) is 20.6. The number of phenols is 1. The lowest BCUT2D eigenvalue weighted by molar-refractivity contribution is -0.139. The highest BCUT2D eigenvalue weighted by Gasteiger charge is 2.42. The Morgan fingerprint density at radius 2 is 1.74 bits per heavy atom. The van der Waals surface area contributed by atoms with E-state index in [1.54, 1.807) is 30.3 Å². The molecule has 0 saturated carbocycles. The van der Waals surface area contributed by atoms with Crippen molar-refractivity contribution in [3.63, 3.8) is 0 Å². The molecule has 2 aromatic rings. The minimum Gasteiger partial charge on any atom is -0.508 e. The second-order valence-electron chi connectivity index (χ2n) is 9.22. The number of carboxylic acid groups (broad SMARTS) is 1. The molecule has 7 nitrogen and oxygen atoms in total. The largest absolute Gasteiger partial charge is 0.508 e. The first-order valence-electron chi connectivity index (χ1n) is 12.0. The van der Waals surface area contributed by atoms with Gasteiger partial charge in [0.25, 0.3) is 0 Å². The summed E-state index contributed by atoms with van der Waals surface area (Å²) in [5.41, 5.74) is 0.908. The van der Waals surface area contributed by atoms with Crippen LogP contribution < -0.4 is 9.64 Å². The lowest BCUT2D eigenvalue weighted by Crippen LogP contribution is -2.38. The van der Waals surface area contributed by atoms with Crippen molar-refractivity contribution in [3.8, 4) is 11.5 Å². The average molecular weight is 522 g/mol. The Bertz CT molecular complexity index is 1120. The molecule has 2 aromatic carbocycles. The lowest BCUT2D eigenvalue weighted by Gasteiger charge is -2.37. The molecule has 192 valence electrons. The number of rotatable bonds is 11. The fraction of sp³-hybridized carbons (Fsp3) is 0.500. The number of aromatic hydroxyl groups is 1. The number of hydrogen-bond acceptors (Lipinski definition) is 7. The van der Waals surface area contributed by atoms with Gasteiger partial charge in [0, 0.05) is 23.7 Å². The number of ether oxygens (including phenoxy) is 1. The highest BCUT2D eigenvalue weighted by atomic mass is 32.2. The molecule has 0 saturated heterocycles. The number of unbranched alkanes of at least 4 members (excludes halogenated alkanes) is 2. The summed E-state index contributed by atoms with van der Waals surface area (Å²) >= 11 is 1.37. The number of benzene rings is 2. The van der Waals surface area contributed by atoms with E-state index in [4.69, 9.17) is 9.84 Å². The number of sulfone groups is 1. The first-order valence-corrected chi connectivity index (χ1v) is 14.9. The summed E-state index contributed by atoms with van der Waals surface area (Å²) < 4.78 is 33.3. The van der Waals surface area contributed by atoms with Gasteiger partial charge in [-0.1, -0.05) is 39.5 Å². The molecule has 1 aliphatic rings. The third-order valence-corrected chi connectivity index (χ3v) is 9.24. The van der Waals surface area contributed by atoms with Gasteiger partial charge in [0.2, 0.25) is 0 Å². The van der Waals surface area contributed by atoms with Crippen LogP contribution >= 0.6 is 11.8 Å². The fourth-order valence-electron chi connectivity index (χ4n) is 4.74. The molecule has 35 heavy (non-hydrogen) atoms. The molecular weight excluding hydrogens is 486 g/mol. The summed E-state index contributed by atoms with van der Waals surface area (Å²) in [6.45, 7) is 4.21. The average Bonchev–Trinajstić information content (AvgIpc) is 2.92. The van der Waals surface area contributed by atoms with E-state index in [0.29, 0.717) is 17.1 Å². The van der Waals surface area contributed by atoms with E-state index in [2.05, 4.69) is 13.8 Å². The number of aliphatic carboxylic acids is 1. The monoisotopic (exact) mass is 521 g/mol. The van der Waals surface area contributed by atoms with Crippen LogP contribution in [0.15, 0.2) is 46.2 Å². The van der Waals surface area contributed by atoms with E-state index in [-0.39, 0.29) is 22.1 Å². The van der Waals surface area contributed by atoms with Gasteiger partial charge in [-0.3, -0.25) is 0 Å². The number of hydrogen-bond donors (Lipinski definition) is 2. The quantitative estimate of drug-likeness (QED) is 0.354. The SMILES string of the molecule is CCCCC1(CCCC)CN(c2ccc(O)cc2)c2cc(SC)c(OCC(=O)O)cc2S(=O)(=O)C1. The van der Waals surface area contributed by atoms with Crippen molar-refractivity contribution in [1.29, 1.82) is 0 Å². The smallest absolute Gasteiger partial charge is 0.341 e. The van der Waals surface area contributed by atoms with Gasteiger partial charge in [0.1, 0.15) is 11.5 Å². The van der Waals surface area contributed by atoms with Gasteiger partial charge >= 0.3 is 5.97 Å². The molecule has 1 aliphatic heterocycles.